The van der Waals surface area contributed by atoms with E-state index in [9.17, 15) is 0 Å². The fourth-order valence-electron chi connectivity index (χ4n) is 2.33. The van der Waals surface area contributed by atoms with Crippen LogP contribution < -0.4 is 0 Å². The van der Waals surface area contributed by atoms with Crippen molar-refractivity contribution >= 4 is 8.56 Å². The van der Waals surface area contributed by atoms with E-state index >= 15 is 0 Å². The van der Waals surface area contributed by atoms with E-state index in [1.54, 1.807) is 0 Å². The molecule has 0 spiro atoms. The molecule has 0 aliphatic carbocycles. The van der Waals surface area contributed by atoms with Crippen LogP contribution in [0.1, 0.15) is 78.6 Å². The Labute approximate surface area is 140 Å². The van der Waals surface area contributed by atoms with Gasteiger partial charge in [-0.2, -0.15) is 0 Å². The average molecular weight is 329 g/mol. The maximum atomic E-state index is 5.95. The van der Waals surface area contributed by atoms with E-state index in [4.69, 9.17) is 8.85 Å². The molecule has 0 fully saturated rings. The molecule has 0 amide bonds. The Hall–Kier alpha value is -0.123. The molecule has 2 nitrogen and oxygen atoms in total. The Balaban J connectivity index is 3.48. The van der Waals surface area contributed by atoms with Gasteiger partial charge in [-0.1, -0.05) is 65.0 Å². The summed E-state index contributed by atoms with van der Waals surface area (Å²) in [5.41, 5.74) is 0. The van der Waals surface area contributed by atoms with Crippen molar-refractivity contribution in [3.05, 3.63) is 12.2 Å². The molecular formula is C19H40O2Si. The monoisotopic (exact) mass is 328 g/mol. The van der Waals surface area contributed by atoms with Crippen LogP contribution in [0, 0.1) is 5.92 Å². The zero-order valence-corrected chi connectivity index (χ0v) is 16.8. The van der Waals surface area contributed by atoms with Crippen molar-refractivity contribution < 1.29 is 8.85 Å². The third-order valence-electron chi connectivity index (χ3n) is 3.79. The first-order valence-corrected chi connectivity index (χ1v) is 12.2. The molecule has 0 rings (SSSR count). The highest BCUT2D eigenvalue weighted by Gasteiger charge is 2.23. The van der Waals surface area contributed by atoms with Gasteiger partial charge in [0.2, 0.25) is 0 Å². The summed E-state index contributed by atoms with van der Waals surface area (Å²) in [4.78, 5) is 0. The predicted molar refractivity (Wildman–Crippen MR) is 101 cm³/mol. The van der Waals surface area contributed by atoms with Gasteiger partial charge >= 0.3 is 8.56 Å². The molecular weight excluding hydrogens is 288 g/mol. The van der Waals surface area contributed by atoms with Crippen molar-refractivity contribution in [2.45, 2.75) is 91.7 Å². The van der Waals surface area contributed by atoms with Crippen LogP contribution in [0.2, 0.25) is 13.1 Å². The van der Waals surface area contributed by atoms with Crippen molar-refractivity contribution in [3.8, 4) is 0 Å². The van der Waals surface area contributed by atoms with Crippen LogP contribution in [0.3, 0.4) is 0 Å². The van der Waals surface area contributed by atoms with Gasteiger partial charge in [0.05, 0.1) is 6.61 Å². The summed E-state index contributed by atoms with van der Waals surface area (Å²) < 4.78 is 11.9. The first kappa shape index (κ1) is 21.9. The molecule has 0 unspecified atom stereocenters. The molecule has 0 aliphatic heterocycles. The van der Waals surface area contributed by atoms with Gasteiger partial charge in [0.1, 0.15) is 0 Å². The van der Waals surface area contributed by atoms with Crippen LogP contribution in [-0.2, 0) is 8.85 Å². The van der Waals surface area contributed by atoms with Gasteiger partial charge < -0.3 is 8.85 Å². The van der Waals surface area contributed by atoms with E-state index in [1.807, 2.05) is 0 Å². The maximum absolute atomic E-state index is 5.95. The number of allylic oxidation sites excluding steroid dienone is 1. The highest BCUT2D eigenvalue weighted by atomic mass is 28.4. The molecule has 0 aliphatic rings. The van der Waals surface area contributed by atoms with Gasteiger partial charge in [0.25, 0.3) is 0 Å². The highest BCUT2D eigenvalue weighted by molar-refractivity contribution is 6.64. The predicted octanol–water partition coefficient (Wildman–Crippen LogP) is 6.46. The van der Waals surface area contributed by atoms with Crippen molar-refractivity contribution in [2.24, 2.45) is 5.92 Å². The molecule has 0 radical (unpaired) electrons. The largest absolute Gasteiger partial charge is 0.395 e. The van der Waals surface area contributed by atoms with Crippen LogP contribution in [0.5, 0.6) is 0 Å². The molecule has 0 atom stereocenters. The normalized spacial score (nSPS) is 12.6. The van der Waals surface area contributed by atoms with Crippen LogP contribution in [-0.4, -0.2) is 21.8 Å². The van der Waals surface area contributed by atoms with Gasteiger partial charge in [-0.25, -0.2) is 0 Å². The highest BCUT2D eigenvalue weighted by Crippen LogP contribution is 2.10. The van der Waals surface area contributed by atoms with E-state index in [-0.39, 0.29) is 0 Å². The Morgan fingerprint density at radius 3 is 2.23 bits per heavy atom. The van der Waals surface area contributed by atoms with Crippen molar-refractivity contribution in [1.29, 1.82) is 0 Å². The summed E-state index contributed by atoms with van der Waals surface area (Å²) in [6.45, 7) is 12.6. The third-order valence-corrected chi connectivity index (χ3v) is 5.55. The number of hydrogen-bond donors (Lipinski definition) is 0. The molecule has 22 heavy (non-hydrogen) atoms. The van der Waals surface area contributed by atoms with Gasteiger partial charge in [0.15, 0.2) is 0 Å². The molecule has 0 saturated carbocycles. The molecule has 0 aromatic heterocycles. The van der Waals surface area contributed by atoms with Gasteiger partial charge in [0, 0.05) is 6.61 Å². The van der Waals surface area contributed by atoms with E-state index < -0.39 is 8.56 Å². The van der Waals surface area contributed by atoms with E-state index in [0.29, 0.717) is 6.61 Å². The van der Waals surface area contributed by atoms with E-state index in [2.05, 4.69) is 46.0 Å². The standard InChI is InChI=1S/C19H40O2Si/c1-6-7-8-9-10-11-12-13-14-17-20-22(4,5)21-18-15-16-19(2)3/h13-14,19H,6-12,15-18H2,1-5H3/b14-13+. The van der Waals surface area contributed by atoms with Crippen molar-refractivity contribution in [3.63, 3.8) is 0 Å². The minimum absolute atomic E-state index is 0.708. The summed E-state index contributed by atoms with van der Waals surface area (Å²) in [6, 6.07) is 0. The minimum Gasteiger partial charge on any atom is -0.395 e. The smallest absolute Gasteiger partial charge is 0.331 e. The summed E-state index contributed by atoms with van der Waals surface area (Å²) in [6.07, 6.45) is 16.2. The second-order valence-electron chi connectivity index (χ2n) is 7.12. The molecule has 0 aromatic carbocycles. The number of rotatable bonds is 15. The molecule has 0 N–H and O–H groups in total. The summed E-state index contributed by atoms with van der Waals surface area (Å²) in [7, 11) is -1.92. The molecule has 0 saturated heterocycles. The van der Waals surface area contributed by atoms with Gasteiger partial charge in [-0.3, -0.25) is 0 Å². The lowest BCUT2D eigenvalue weighted by Crippen LogP contribution is -2.35. The number of unbranched alkanes of at least 4 members (excludes halogenated alkanes) is 6. The second-order valence-corrected chi connectivity index (χ2v) is 10.5. The van der Waals surface area contributed by atoms with Crippen LogP contribution in [0.4, 0.5) is 0 Å². The zero-order valence-electron chi connectivity index (χ0n) is 15.8. The fourth-order valence-corrected chi connectivity index (χ4v) is 3.55. The zero-order chi connectivity index (χ0) is 16.7. The molecule has 3 heteroatoms. The van der Waals surface area contributed by atoms with Crippen LogP contribution >= 0.6 is 0 Å². The average Bonchev–Trinajstić information content (AvgIpc) is 2.45. The van der Waals surface area contributed by atoms with Crippen LogP contribution in [0.25, 0.3) is 0 Å². The Bertz CT molecular complexity index is 262. The minimum atomic E-state index is -1.92. The van der Waals surface area contributed by atoms with Crippen molar-refractivity contribution in [1.82, 2.24) is 0 Å². The first-order chi connectivity index (χ1) is 10.5. The van der Waals surface area contributed by atoms with E-state index in [0.717, 1.165) is 18.9 Å². The van der Waals surface area contributed by atoms with Gasteiger partial charge in [-0.05, 0) is 44.7 Å². The lowest BCUT2D eigenvalue weighted by atomic mass is 10.1. The third kappa shape index (κ3) is 16.3. The molecule has 0 bridgehead atoms. The van der Waals surface area contributed by atoms with Crippen LogP contribution in [0.15, 0.2) is 12.2 Å². The summed E-state index contributed by atoms with van der Waals surface area (Å²) in [5.74, 6) is 0.763. The van der Waals surface area contributed by atoms with Crippen molar-refractivity contribution in [2.75, 3.05) is 13.2 Å². The Kier molecular flexibility index (Phi) is 14.4. The maximum Gasteiger partial charge on any atom is 0.331 e. The second kappa shape index (κ2) is 14.5. The Morgan fingerprint density at radius 1 is 0.864 bits per heavy atom. The van der Waals surface area contributed by atoms with Gasteiger partial charge in [-0.15, -0.1) is 0 Å². The Morgan fingerprint density at radius 2 is 1.55 bits per heavy atom. The first-order valence-electron chi connectivity index (χ1n) is 9.41. The molecule has 0 aromatic rings. The SMILES string of the molecule is CCCCCCCC/C=C/CO[Si](C)(C)OCCCC(C)C. The fraction of sp³-hybridized carbons (Fsp3) is 0.895. The lowest BCUT2D eigenvalue weighted by Gasteiger charge is -2.22. The quantitative estimate of drug-likeness (QED) is 0.195. The van der Waals surface area contributed by atoms with E-state index in [1.165, 1.54) is 51.4 Å². The molecule has 0 heterocycles. The summed E-state index contributed by atoms with van der Waals surface area (Å²) in [5, 5.41) is 0. The summed E-state index contributed by atoms with van der Waals surface area (Å²) >= 11 is 0. The number of hydrogen-bond acceptors (Lipinski definition) is 2. The lowest BCUT2D eigenvalue weighted by molar-refractivity contribution is 0.188. The molecule has 132 valence electrons. The topological polar surface area (TPSA) is 18.5 Å².